The van der Waals surface area contributed by atoms with Crippen molar-refractivity contribution in [2.45, 2.75) is 43.4 Å². The molecule has 1 fully saturated rings. The van der Waals surface area contributed by atoms with Gasteiger partial charge in [-0.2, -0.15) is 8.42 Å². The Morgan fingerprint density at radius 1 is 1.35 bits per heavy atom. The van der Waals surface area contributed by atoms with E-state index in [0.29, 0.717) is 24.8 Å². The number of hydrogen-bond donors (Lipinski definition) is 1. The highest BCUT2D eigenvalue weighted by molar-refractivity contribution is 7.85. The second-order valence-corrected chi connectivity index (χ2v) is 7.48. The van der Waals surface area contributed by atoms with E-state index in [-0.39, 0.29) is 0 Å². The van der Waals surface area contributed by atoms with Gasteiger partial charge in [0.1, 0.15) is 11.6 Å². The Hall–Kier alpha value is -1.77. The average Bonchev–Trinajstić information content (AvgIpc) is 3.25. The van der Waals surface area contributed by atoms with Crippen molar-refractivity contribution in [1.29, 1.82) is 0 Å². The number of nitrogens with zero attached hydrogens (tertiary/aromatic N) is 3. The van der Waals surface area contributed by atoms with E-state index < -0.39 is 15.2 Å². The standard InChI is InChI=1S/C15H17N3O4S/c19-23(20,21)14-4-3-12(22-14)9-18-6-5-13-11(8-18)7-16-15(17-13)10-1-2-10/h3-4,7,10H,1-2,5-6,8-9H2,(H,19,20,21). The molecule has 4 rings (SSSR count). The van der Waals surface area contributed by atoms with Crippen LogP contribution in [0, 0.1) is 0 Å². The van der Waals surface area contributed by atoms with Gasteiger partial charge in [-0.3, -0.25) is 9.45 Å². The lowest BCUT2D eigenvalue weighted by Crippen LogP contribution is -2.31. The number of rotatable bonds is 4. The molecular weight excluding hydrogens is 318 g/mol. The lowest BCUT2D eigenvalue weighted by Gasteiger charge is -2.27. The first kappa shape index (κ1) is 14.8. The minimum Gasteiger partial charge on any atom is -0.446 e. The Bertz CT molecular complexity index is 842. The van der Waals surface area contributed by atoms with E-state index in [4.69, 9.17) is 8.97 Å². The number of furan rings is 1. The Morgan fingerprint density at radius 2 is 2.17 bits per heavy atom. The van der Waals surface area contributed by atoms with E-state index in [1.54, 1.807) is 6.07 Å². The van der Waals surface area contributed by atoms with Gasteiger partial charge in [-0.25, -0.2) is 9.97 Å². The molecule has 1 aliphatic heterocycles. The number of aromatic nitrogens is 2. The maximum atomic E-state index is 11.0. The average molecular weight is 335 g/mol. The summed E-state index contributed by atoms with van der Waals surface area (Å²) in [6.07, 6.45) is 5.15. The quantitative estimate of drug-likeness (QED) is 0.850. The molecule has 0 aromatic carbocycles. The van der Waals surface area contributed by atoms with Gasteiger partial charge >= 0.3 is 10.1 Å². The maximum absolute atomic E-state index is 11.0. The summed E-state index contributed by atoms with van der Waals surface area (Å²) in [6, 6.07) is 2.85. The van der Waals surface area contributed by atoms with Crippen molar-refractivity contribution in [3.05, 3.63) is 41.2 Å². The van der Waals surface area contributed by atoms with Crippen LogP contribution in [-0.2, 0) is 29.6 Å². The van der Waals surface area contributed by atoms with Crippen LogP contribution in [0.15, 0.2) is 27.8 Å². The van der Waals surface area contributed by atoms with Gasteiger partial charge < -0.3 is 4.42 Å². The van der Waals surface area contributed by atoms with Gasteiger partial charge in [0.15, 0.2) is 0 Å². The summed E-state index contributed by atoms with van der Waals surface area (Å²) in [6.45, 7) is 2.03. The van der Waals surface area contributed by atoms with E-state index in [1.165, 1.54) is 18.9 Å². The summed E-state index contributed by atoms with van der Waals surface area (Å²) < 4.78 is 36.2. The third-order valence-corrected chi connectivity index (χ3v) is 4.97. The van der Waals surface area contributed by atoms with Crippen LogP contribution >= 0.6 is 0 Å². The molecular formula is C15H17N3O4S. The zero-order chi connectivity index (χ0) is 16.0. The second kappa shape index (κ2) is 5.40. The lowest BCUT2D eigenvalue weighted by atomic mass is 10.1. The van der Waals surface area contributed by atoms with Crippen LogP contribution in [0.3, 0.4) is 0 Å². The van der Waals surface area contributed by atoms with Crippen LogP contribution < -0.4 is 0 Å². The van der Waals surface area contributed by atoms with Crippen molar-refractivity contribution in [2.75, 3.05) is 6.54 Å². The van der Waals surface area contributed by atoms with Crippen LogP contribution in [0.25, 0.3) is 0 Å². The van der Waals surface area contributed by atoms with Gasteiger partial charge in [0.2, 0.25) is 5.09 Å². The van der Waals surface area contributed by atoms with Crippen molar-refractivity contribution in [3.63, 3.8) is 0 Å². The van der Waals surface area contributed by atoms with Crippen LogP contribution in [0.1, 0.15) is 41.6 Å². The Morgan fingerprint density at radius 3 is 2.87 bits per heavy atom. The van der Waals surface area contributed by atoms with E-state index in [1.807, 2.05) is 6.20 Å². The van der Waals surface area contributed by atoms with Crippen molar-refractivity contribution in [1.82, 2.24) is 14.9 Å². The van der Waals surface area contributed by atoms with Crippen LogP contribution in [0.4, 0.5) is 0 Å². The first-order valence-electron chi connectivity index (χ1n) is 7.62. The van der Waals surface area contributed by atoms with Crippen molar-refractivity contribution in [2.24, 2.45) is 0 Å². The van der Waals surface area contributed by atoms with Crippen molar-refractivity contribution in [3.8, 4) is 0 Å². The molecule has 7 nitrogen and oxygen atoms in total. The maximum Gasteiger partial charge on any atom is 0.328 e. The smallest absolute Gasteiger partial charge is 0.328 e. The predicted octanol–water partition coefficient (Wildman–Crippen LogP) is 1.75. The van der Waals surface area contributed by atoms with E-state index >= 15 is 0 Å². The molecule has 0 radical (unpaired) electrons. The Kier molecular flexibility index (Phi) is 3.47. The van der Waals surface area contributed by atoms with Gasteiger partial charge in [0.25, 0.3) is 0 Å². The molecule has 2 aromatic heterocycles. The molecule has 0 amide bonds. The van der Waals surface area contributed by atoms with Gasteiger partial charge in [-0.1, -0.05) is 0 Å². The zero-order valence-electron chi connectivity index (χ0n) is 12.5. The van der Waals surface area contributed by atoms with Crippen molar-refractivity contribution >= 4 is 10.1 Å². The second-order valence-electron chi connectivity index (χ2n) is 6.13. The molecule has 0 spiro atoms. The van der Waals surface area contributed by atoms with Gasteiger partial charge in [0.05, 0.1) is 6.54 Å². The molecule has 23 heavy (non-hydrogen) atoms. The highest BCUT2D eigenvalue weighted by atomic mass is 32.2. The minimum atomic E-state index is -4.28. The highest BCUT2D eigenvalue weighted by Crippen LogP contribution is 2.38. The fourth-order valence-electron chi connectivity index (χ4n) is 2.87. The lowest BCUT2D eigenvalue weighted by molar-refractivity contribution is 0.216. The molecule has 3 heterocycles. The Balaban J connectivity index is 1.46. The molecule has 8 heteroatoms. The summed E-state index contributed by atoms with van der Waals surface area (Å²) in [4.78, 5) is 11.3. The van der Waals surface area contributed by atoms with Gasteiger partial charge in [-0.05, 0) is 25.0 Å². The monoisotopic (exact) mass is 335 g/mol. The van der Waals surface area contributed by atoms with Crippen molar-refractivity contribution < 1.29 is 17.4 Å². The molecule has 0 saturated heterocycles. The molecule has 0 unspecified atom stereocenters. The normalized spacial score (nSPS) is 18.8. The summed E-state index contributed by atoms with van der Waals surface area (Å²) in [7, 11) is -4.28. The fourth-order valence-corrected chi connectivity index (χ4v) is 3.32. The van der Waals surface area contributed by atoms with Crippen LogP contribution in [0.2, 0.25) is 0 Å². The summed E-state index contributed by atoms with van der Waals surface area (Å²) in [5, 5.41) is -0.415. The van der Waals surface area contributed by atoms with Gasteiger partial charge in [0, 0.05) is 42.9 Å². The fraction of sp³-hybridized carbons (Fsp3) is 0.467. The third kappa shape index (κ3) is 3.15. The first-order chi connectivity index (χ1) is 11.0. The molecule has 2 aromatic rings. The molecule has 1 N–H and O–H groups in total. The molecule has 122 valence electrons. The summed E-state index contributed by atoms with van der Waals surface area (Å²) >= 11 is 0. The first-order valence-corrected chi connectivity index (χ1v) is 9.06. The SMILES string of the molecule is O=S(=O)(O)c1ccc(CN2CCc3nc(C4CC4)ncc3C2)o1. The predicted molar refractivity (Wildman–Crippen MR) is 80.3 cm³/mol. The number of hydrogen-bond acceptors (Lipinski definition) is 6. The molecule has 0 bridgehead atoms. The molecule has 2 aliphatic rings. The minimum absolute atomic E-state index is 0.415. The molecule has 1 saturated carbocycles. The van der Waals surface area contributed by atoms with Crippen LogP contribution in [-0.4, -0.2) is 34.4 Å². The molecule has 0 atom stereocenters. The van der Waals surface area contributed by atoms with E-state index in [2.05, 4.69) is 14.9 Å². The number of fused-ring (bicyclic) bond motifs is 1. The summed E-state index contributed by atoms with van der Waals surface area (Å²) in [5.74, 6) is 2.04. The summed E-state index contributed by atoms with van der Waals surface area (Å²) in [5.41, 5.74) is 2.23. The van der Waals surface area contributed by atoms with E-state index in [0.717, 1.165) is 30.0 Å². The van der Waals surface area contributed by atoms with Crippen LogP contribution in [0.5, 0.6) is 0 Å². The Labute approximate surface area is 134 Å². The zero-order valence-corrected chi connectivity index (χ0v) is 13.3. The third-order valence-electron chi connectivity index (χ3n) is 4.24. The topological polar surface area (TPSA) is 96.5 Å². The molecule has 1 aliphatic carbocycles. The highest BCUT2D eigenvalue weighted by Gasteiger charge is 2.28. The van der Waals surface area contributed by atoms with E-state index in [9.17, 15) is 8.42 Å². The largest absolute Gasteiger partial charge is 0.446 e. The van der Waals surface area contributed by atoms with Gasteiger partial charge in [-0.15, -0.1) is 0 Å².